The maximum Gasteiger partial charge on any atom is 0.119 e. The van der Waals surface area contributed by atoms with Crippen LogP contribution in [-0.2, 0) is 0 Å². The fraction of sp³-hybridized carbons (Fsp3) is 0.250. The Balaban J connectivity index is 3.82. The molecule has 5 N–H and O–H groups in total. The van der Waals surface area contributed by atoms with E-state index < -0.39 is 0 Å². The van der Waals surface area contributed by atoms with Gasteiger partial charge >= 0.3 is 0 Å². The average Bonchev–Trinajstić information content (AvgIpc) is 1.65. The highest BCUT2D eigenvalue weighted by molar-refractivity contribution is 5.93. The molecule has 0 aliphatic carbocycles. The lowest BCUT2D eigenvalue weighted by Gasteiger charge is -1.90. The van der Waals surface area contributed by atoms with Crippen LogP contribution < -0.4 is 11.5 Å². The zero-order chi connectivity index (χ0) is 5.86. The van der Waals surface area contributed by atoms with Crippen LogP contribution in [0.15, 0.2) is 11.8 Å². The van der Waals surface area contributed by atoms with Crippen molar-refractivity contribution in [1.29, 1.82) is 5.41 Å². The molecule has 0 aromatic carbocycles. The van der Waals surface area contributed by atoms with E-state index in [1.807, 2.05) is 0 Å². The van der Waals surface area contributed by atoms with Crippen LogP contribution in [-0.4, -0.2) is 5.84 Å². The van der Waals surface area contributed by atoms with Crippen molar-refractivity contribution in [3.8, 4) is 0 Å². The van der Waals surface area contributed by atoms with Gasteiger partial charge < -0.3 is 11.5 Å². The van der Waals surface area contributed by atoms with Gasteiger partial charge in [0.15, 0.2) is 0 Å². The van der Waals surface area contributed by atoms with Gasteiger partial charge in [-0.2, -0.15) is 0 Å². The van der Waals surface area contributed by atoms with Gasteiger partial charge in [-0.25, -0.2) is 0 Å². The van der Waals surface area contributed by atoms with Gasteiger partial charge in [-0.3, -0.25) is 5.41 Å². The molecule has 0 heterocycles. The highest BCUT2D eigenvalue weighted by Crippen LogP contribution is 1.82. The molecule has 0 aliphatic heterocycles. The first kappa shape index (κ1) is 6.01. The zero-order valence-electron chi connectivity index (χ0n) is 4.23. The molecule has 0 unspecified atom stereocenters. The Labute approximate surface area is 42.5 Å². The third-order valence-electron chi connectivity index (χ3n) is 0.675. The molecule has 3 heteroatoms. The van der Waals surface area contributed by atoms with Crippen LogP contribution in [0.2, 0.25) is 0 Å². The van der Waals surface area contributed by atoms with Crippen molar-refractivity contribution >= 4 is 5.84 Å². The molecule has 0 aliphatic rings. The van der Waals surface area contributed by atoms with Crippen LogP contribution in [0.25, 0.3) is 0 Å². The van der Waals surface area contributed by atoms with E-state index in [0.29, 0.717) is 5.57 Å². The van der Waals surface area contributed by atoms with E-state index in [1.165, 1.54) is 6.20 Å². The van der Waals surface area contributed by atoms with Crippen LogP contribution in [0.4, 0.5) is 0 Å². The molecular formula is C4H9N3. The number of hydrogen-bond donors (Lipinski definition) is 3. The lowest BCUT2D eigenvalue weighted by atomic mass is 10.3. The van der Waals surface area contributed by atoms with Gasteiger partial charge in [-0.15, -0.1) is 0 Å². The Hall–Kier alpha value is -0.990. The Morgan fingerprint density at radius 1 is 1.71 bits per heavy atom. The standard InChI is InChI=1S/C4H9N3/c1-3(2-5)4(6)7/h2H,5H2,1H3,(H3,6,7)/b3-2-. The second kappa shape index (κ2) is 2.23. The first-order chi connectivity index (χ1) is 3.18. The number of nitrogens with two attached hydrogens (primary N) is 2. The smallest absolute Gasteiger partial charge is 0.119 e. The van der Waals surface area contributed by atoms with Crippen molar-refractivity contribution in [3.05, 3.63) is 11.8 Å². The van der Waals surface area contributed by atoms with Gasteiger partial charge in [-0.1, -0.05) is 0 Å². The Morgan fingerprint density at radius 2 is 2.14 bits per heavy atom. The summed E-state index contributed by atoms with van der Waals surface area (Å²) in [5.41, 5.74) is 10.6. The second-order valence-electron chi connectivity index (χ2n) is 1.26. The molecule has 0 saturated heterocycles. The second-order valence-corrected chi connectivity index (χ2v) is 1.26. The minimum absolute atomic E-state index is 0.0301. The SMILES string of the molecule is C/C(=C/N)C(=N)N. The van der Waals surface area contributed by atoms with Crippen LogP contribution in [0.1, 0.15) is 6.92 Å². The van der Waals surface area contributed by atoms with E-state index in [9.17, 15) is 0 Å². The summed E-state index contributed by atoms with van der Waals surface area (Å²) in [6.45, 7) is 1.68. The molecule has 40 valence electrons. The van der Waals surface area contributed by atoms with Gasteiger partial charge in [0.25, 0.3) is 0 Å². The van der Waals surface area contributed by atoms with Crippen molar-refractivity contribution in [3.63, 3.8) is 0 Å². The monoisotopic (exact) mass is 99.1 g/mol. The lowest BCUT2D eigenvalue weighted by molar-refractivity contribution is 1.36. The van der Waals surface area contributed by atoms with Crippen molar-refractivity contribution in [2.45, 2.75) is 6.92 Å². The lowest BCUT2D eigenvalue weighted by Crippen LogP contribution is -2.11. The summed E-state index contributed by atoms with van der Waals surface area (Å²) in [6, 6.07) is 0. The Kier molecular flexibility index (Phi) is 1.91. The summed E-state index contributed by atoms with van der Waals surface area (Å²) in [6.07, 6.45) is 1.31. The fourth-order valence-corrected chi connectivity index (χ4v) is 0.0898. The average molecular weight is 99.1 g/mol. The summed E-state index contributed by atoms with van der Waals surface area (Å²) in [7, 11) is 0. The summed E-state index contributed by atoms with van der Waals surface area (Å²) in [5.74, 6) is 0.0301. The Morgan fingerprint density at radius 3 is 2.14 bits per heavy atom. The van der Waals surface area contributed by atoms with Gasteiger partial charge in [0.1, 0.15) is 5.84 Å². The van der Waals surface area contributed by atoms with Crippen LogP contribution in [0, 0.1) is 5.41 Å². The molecular weight excluding hydrogens is 90.1 g/mol. The summed E-state index contributed by atoms with van der Waals surface area (Å²) in [4.78, 5) is 0. The predicted molar refractivity (Wildman–Crippen MR) is 29.9 cm³/mol. The summed E-state index contributed by atoms with van der Waals surface area (Å²) >= 11 is 0. The quantitative estimate of drug-likeness (QED) is 0.314. The summed E-state index contributed by atoms with van der Waals surface area (Å²) in [5, 5.41) is 6.73. The molecule has 0 bridgehead atoms. The number of hydrogen-bond acceptors (Lipinski definition) is 2. The van der Waals surface area contributed by atoms with E-state index >= 15 is 0 Å². The first-order valence-electron chi connectivity index (χ1n) is 1.91. The molecule has 0 atom stereocenters. The summed E-state index contributed by atoms with van der Waals surface area (Å²) < 4.78 is 0. The van der Waals surface area contributed by atoms with Gasteiger partial charge in [0.2, 0.25) is 0 Å². The highest BCUT2D eigenvalue weighted by Gasteiger charge is 1.85. The van der Waals surface area contributed by atoms with E-state index in [2.05, 4.69) is 0 Å². The molecule has 0 radical (unpaired) electrons. The van der Waals surface area contributed by atoms with Crippen molar-refractivity contribution < 1.29 is 0 Å². The van der Waals surface area contributed by atoms with E-state index in [1.54, 1.807) is 6.92 Å². The molecule has 0 spiro atoms. The van der Waals surface area contributed by atoms with Gasteiger partial charge in [-0.05, 0) is 6.92 Å². The number of nitrogens with one attached hydrogen (secondary N) is 1. The van der Waals surface area contributed by atoms with Crippen LogP contribution in [0.5, 0.6) is 0 Å². The van der Waals surface area contributed by atoms with Crippen molar-refractivity contribution in [2.75, 3.05) is 0 Å². The molecule has 7 heavy (non-hydrogen) atoms. The van der Waals surface area contributed by atoms with Crippen molar-refractivity contribution in [1.82, 2.24) is 0 Å². The van der Waals surface area contributed by atoms with E-state index in [-0.39, 0.29) is 5.84 Å². The molecule has 0 saturated carbocycles. The third kappa shape index (κ3) is 1.81. The maximum absolute atomic E-state index is 6.73. The predicted octanol–water partition coefficient (Wildman–Crippen LogP) is -0.215. The molecule has 0 fully saturated rings. The molecule has 0 amide bonds. The minimum Gasteiger partial charge on any atom is -0.404 e. The third-order valence-corrected chi connectivity index (χ3v) is 0.675. The highest BCUT2D eigenvalue weighted by atomic mass is 14.7. The molecule has 0 rings (SSSR count). The fourth-order valence-electron chi connectivity index (χ4n) is 0.0898. The minimum atomic E-state index is 0.0301. The normalized spacial score (nSPS) is 11.3. The largest absolute Gasteiger partial charge is 0.404 e. The van der Waals surface area contributed by atoms with Gasteiger partial charge in [0, 0.05) is 11.8 Å². The van der Waals surface area contributed by atoms with Gasteiger partial charge in [0.05, 0.1) is 0 Å². The molecule has 3 nitrogen and oxygen atoms in total. The van der Waals surface area contributed by atoms with Crippen LogP contribution >= 0.6 is 0 Å². The number of rotatable bonds is 1. The Bertz CT molecular complexity index is 104. The maximum atomic E-state index is 6.73. The van der Waals surface area contributed by atoms with Crippen molar-refractivity contribution in [2.24, 2.45) is 11.5 Å². The van der Waals surface area contributed by atoms with Crippen LogP contribution in [0.3, 0.4) is 0 Å². The molecule has 0 aromatic rings. The van der Waals surface area contributed by atoms with E-state index in [0.717, 1.165) is 0 Å². The first-order valence-corrected chi connectivity index (χ1v) is 1.91. The number of amidine groups is 1. The molecule has 0 aromatic heterocycles. The topological polar surface area (TPSA) is 75.9 Å². The van der Waals surface area contributed by atoms with E-state index in [4.69, 9.17) is 16.9 Å². The zero-order valence-corrected chi connectivity index (χ0v) is 4.23.